The summed E-state index contributed by atoms with van der Waals surface area (Å²) in [6, 6.07) is 9.24. The van der Waals surface area contributed by atoms with Crippen molar-refractivity contribution in [2.75, 3.05) is 18.6 Å². The Labute approximate surface area is 120 Å². The van der Waals surface area contributed by atoms with Gasteiger partial charge in [0.05, 0.1) is 6.61 Å². The number of aromatic nitrogens is 1. The molecule has 20 heavy (non-hydrogen) atoms. The Kier molecular flexibility index (Phi) is 4.47. The third-order valence-electron chi connectivity index (χ3n) is 2.62. The molecule has 104 valence electrons. The summed E-state index contributed by atoms with van der Waals surface area (Å²) in [5.74, 6) is -0.762. The molecule has 1 aromatic heterocycles. The molecular weight excluding hydrogens is 276 g/mol. The summed E-state index contributed by atoms with van der Waals surface area (Å²) in [5, 5.41) is 1.75. The molecular formula is C14H14N2O3S. The molecule has 0 spiro atoms. The first kappa shape index (κ1) is 14.2. The molecule has 0 N–H and O–H groups in total. The van der Waals surface area contributed by atoms with E-state index in [1.54, 1.807) is 19.4 Å². The van der Waals surface area contributed by atoms with Crippen LogP contribution in [0.4, 0.5) is 5.69 Å². The van der Waals surface area contributed by atoms with Crippen LogP contribution in [0.3, 0.4) is 0 Å². The van der Waals surface area contributed by atoms with Gasteiger partial charge in [-0.25, -0.2) is 9.78 Å². The molecule has 0 saturated carbocycles. The fourth-order valence-corrected chi connectivity index (χ4v) is 2.28. The molecule has 2 aromatic rings. The van der Waals surface area contributed by atoms with Gasteiger partial charge in [0.2, 0.25) is 5.01 Å². The fourth-order valence-electron chi connectivity index (χ4n) is 1.60. The summed E-state index contributed by atoms with van der Waals surface area (Å²) in [6.45, 7) is 2.01. The lowest BCUT2D eigenvalue weighted by Gasteiger charge is -2.15. The van der Waals surface area contributed by atoms with Crippen molar-refractivity contribution in [3.05, 3.63) is 46.4 Å². The lowest BCUT2D eigenvalue weighted by Crippen LogP contribution is -2.26. The van der Waals surface area contributed by atoms with Gasteiger partial charge >= 0.3 is 5.97 Å². The van der Waals surface area contributed by atoms with Crippen molar-refractivity contribution in [3.8, 4) is 0 Å². The van der Waals surface area contributed by atoms with Gasteiger partial charge in [0.1, 0.15) is 5.69 Å². The first-order valence-electron chi connectivity index (χ1n) is 6.09. The van der Waals surface area contributed by atoms with E-state index in [9.17, 15) is 9.59 Å². The van der Waals surface area contributed by atoms with Gasteiger partial charge in [-0.2, -0.15) is 0 Å². The number of anilines is 1. The molecule has 0 radical (unpaired) electrons. The number of carbonyl (C=O) groups excluding carboxylic acids is 2. The zero-order valence-electron chi connectivity index (χ0n) is 11.2. The van der Waals surface area contributed by atoms with Crippen molar-refractivity contribution in [1.82, 2.24) is 4.98 Å². The predicted octanol–water partition coefficient (Wildman–Crippen LogP) is 2.60. The Bertz CT molecular complexity index is 610. The fraction of sp³-hybridized carbons (Fsp3) is 0.214. The average Bonchev–Trinajstić information content (AvgIpc) is 2.97. The predicted molar refractivity (Wildman–Crippen MR) is 77.2 cm³/mol. The molecule has 0 aliphatic carbocycles. The standard InChI is InChI=1S/C14H14N2O3S/c1-3-19-14(18)12-15-11(9-20-12)13(17)16(2)10-7-5-4-6-8-10/h4-9H,3H2,1-2H3. The number of hydrogen-bond acceptors (Lipinski definition) is 5. The number of benzene rings is 1. The molecule has 6 heteroatoms. The monoisotopic (exact) mass is 290 g/mol. The molecule has 1 aromatic carbocycles. The molecule has 0 atom stereocenters. The highest BCUT2D eigenvalue weighted by molar-refractivity contribution is 7.11. The Balaban J connectivity index is 2.16. The summed E-state index contributed by atoms with van der Waals surface area (Å²) in [6.07, 6.45) is 0. The van der Waals surface area contributed by atoms with E-state index in [0.717, 1.165) is 17.0 Å². The zero-order chi connectivity index (χ0) is 14.5. The van der Waals surface area contributed by atoms with Crippen LogP contribution in [0.1, 0.15) is 27.2 Å². The third-order valence-corrected chi connectivity index (χ3v) is 3.44. The van der Waals surface area contributed by atoms with E-state index in [0.29, 0.717) is 0 Å². The topological polar surface area (TPSA) is 59.5 Å². The van der Waals surface area contributed by atoms with Gasteiger partial charge in [-0.3, -0.25) is 4.79 Å². The Morgan fingerprint density at radius 1 is 1.30 bits per heavy atom. The molecule has 0 bridgehead atoms. The first-order valence-corrected chi connectivity index (χ1v) is 6.97. The molecule has 0 aliphatic heterocycles. The van der Waals surface area contributed by atoms with Gasteiger partial charge < -0.3 is 9.64 Å². The highest BCUT2D eigenvalue weighted by Crippen LogP contribution is 2.17. The molecule has 0 aliphatic rings. The van der Waals surface area contributed by atoms with E-state index in [-0.39, 0.29) is 23.2 Å². The van der Waals surface area contributed by atoms with Gasteiger partial charge in [-0.05, 0) is 19.1 Å². The largest absolute Gasteiger partial charge is 0.461 e. The zero-order valence-corrected chi connectivity index (χ0v) is 12.0. The van der Waals surface area contributed by atoms with Crippen molar-refractivity contribution >= 4 is 28.9 Å². The van der Waals surface area contributed by atoms with Crippen molar-refractivity contribution in [2.24, 2.45) is 0 Å². The van der Waals surface area contributed by atoms with Crippen molar-refractivity contribution in [1.29, 1.82) is 0 Å². The summed E-state index contributed by atoms with van der Waals surface area (Å²) in [4.78, 5) is 29.3. The highest BCUT2D eigenvalue weighted by atomic mass is 32.1. The molecule has 0 saturated heterocycles. The van der Waals surface area contributed by atoms with E-state index in [4.69, 9.17) is 4.74 Å². The number of ether oxygens (including phenoxy) is 1. The number of thiazole rings is 1. The number of nitrogens with zero attached hydrogens (tertiary/aromatic N) is 2. The van der Waals surface area contributed by atoms with Crippen LogP contribution < -0.4 is 4.90 Å². The molecule has 1 amide bonds. The molecule has 1 heterocycles. The number of rotatable bonds is 4. The number of hydrogen-bond donors (Lipinski definition) is 0. The molecule has 0 fully saturated rings. The van der Waals surface area contributed by atoms with E-state index < -0.39 is 5.97 Å². The summed E-state index contributed by atoms with van der Waals surface area (Å²) < 4.78 is 4.85. The highest BCUT2D eigenvalue weighted by Gasteiger charge is 2.19. The second kappa shape index (κ2) is 6.29. The smallest absolute Gasteiger partial charge is 0.367 e. The van der Waals surface area contributed by atoms with Gasteiger partial charge in [0.25, 0.3) is 5.91 Å². The normalized spacial score (nSPS) is 10.1. The van der Waals surface area contributed by atoms with E-state index >= 15 is 0 Å². The second-order valence-electron chi connectivity index (χ2n) is 3.96. The Hall–Kier alpha value is -2.21. The SMILES string of the molecule is CCOC(=O)c1nc(C(=O)N(C)c2ccccc2)cs1. The summed E-state index contributed by atoms with van der Waals surface area (Å²) in [7, 11) is 1.67. The number of esters is 1. The maximum atomic E-state index is 12.3. The van der Waals surface area contributed by atoms with E-state index in [1.807, 2.05) is 30.3 Å². The van der Waals surface area contributed by atoms with Crippen LogP contribution in [-0.4, -0.2) is 30.5 Å². The third kappa shape index (κ3) is 3.03. The van der Waals surface area contributed by atoms with Crippen molar-refractivity contribution in [3.63, 3.8) is 0 Å². The Morgan fingerprint density at radius 3 is 2.65 bits per heavy atom. The van der Waals surface area contributed by atoms with Gasteiger partial charge in [-0.15, -0.1) is 11.3 Å². The van der Waals surface area contributed by atoms with Crippen LogP contribution >= 0.6 is 11.3 Å². The van der Waals surface area contributed by atoms with Crippen LogP contribution in [0.15, 0.2) is 35.7 Å². The van der Waals surface area contributed by atoms with Crippen LogP contribution in [0.5, 0.6) is 0 Å². The van der Waals surface area contributed by atoms with E-state index in [1.165, 1.54) is 4.90 Å². The molecule has 2 rings (SSSR count). The quantitative estimate of drug-likeness (QED) is 0.812. The maximum absolute atomic E-state index is 12.3. The van der Waals surface area contributed by atoms with E-state index in [2.05, 4.69) is 4.98 Å². The number of carbonyl (C=O) groups is 2. The van der Waals surface area contributed by atoms with Gasteiger partial charge in [-0.1, -0.05) is 18.2 Å². The lowest BCUT2D eigenvalue weighted by molar-refractivity contribution is 0.0526. The van der Waals surface area contributed by atoms with Crippen LogP contribution in [0.2, 0.25) is 0 Å². The van der Waals surface area contributed by atoms with Crippen LogP contribution in [0, 0.1) is 0 Å². The lowest BCUT2D eigenvalue weighted by atomic mass is 10.3. The Morgan fingerprint density at radius 2 is 2.00 bits per heavy atom. The maximum Gasteiger partial charge on any atom is 0.367 e. The minimum atomic E-state index is -0.501. The van der Waals surface area contributed by atoms with Crippen LogP contribution in [0.25, 0.3) is 0 Å². The summed E-state index contributed by atoms with van der Waals surface area (Å²) in [5.41, 5.74) is 1.01. The number of amides is 1. The van der Waals surface area contributed by atoms with Gasteiger partial charge in [0.15, 0.2) is 0 Å². The van der Waals surface area contributed by atoms with Crippen LogP contribution in [-0.2, 0) is 4.74 Å². The second-order valence-corrected chi connectivity index (χ2v) is 4.82. The molecule has 5 nitrogen and oxygen atoms in total. The first-order chi connectivity index (χ1) is 9.63. The van der Waals surface area contributed by atoms with Gasteiger partial charge in [0, 0.05) is 18.1 Å². The van der Waals surface area contributed by atoms with Crippen molar-refractivity contribution < 1.29 is 14.3 Å². The van der Waals surface area contributed by atoms with Crippen molar-refractivity contribution in [2.45, 2.75) is 6.92 Å². The minimum Gasteiger partial charge on any atom is -0.461 e. The minimum absolute atomic E-state index is 0.191. The number of para-hydroxylation sites is 1. The molecule has 0 unspecified atom stereocenters. The summed E-state index contributed by atoms with van der Waals surface area (Å²) >= 11 is 1.11. The average molecular weight is 290 g/mol.